The molecule has 0 amide bonds. The fourth-order valence-electron chi connectivity index (χ4n) is 2.84. The summed E-state index contributed by atoms with van der Waals surface area (Å²) in [5, 5.41) is 3.09. The van der Waals surface area contributed by atoms with Crippen LogP contribution in [-0.4, -0.2) is 0 Å². The zero-order chi connectivity index (χ0) is 15.7. The van der Waals surface area contributed by atoms with E-state index in [9.17, 15) is 8.78 Å². The topological polar surface area (TPSA) is 12.0 Å². The van der Waals surface area contributed by atoms with Crippen LogP contribution in [0.4, 0.5) is 14.5 Å². The molecule has 2 rings (SSSR count). The van der Waals surface area contributed by atoms with Crippen molar-refractivity contribution in [1.82, 2.24) is 0 Å². The van der Waals surface area contributed by atoms with E-state index in [1.807, 2.05) is 27.7 Å². The number of benzene rings is 2. The van der Waals surface area contributed by atoms with Gasteiger partial charge in [-0.15, -0.1) is 0 Å². The van der Waals surface area contributed by atoms with Gasteiger partial charge in [0.15, 0.2) is 5.82 Å². The van der Waals surface area contributed by atoms with E-state index in [0.717, 1.165) is 28.8 Å². The second-order valence-electron chi connectivity index (χ2n) is 5.42. The van der Waals surface area contributed by atoms with Crippen LogP contribution in [0.1, 0.15) is 35.2 Å². The van der Waals surface area contributed by atoms with Crippen molar-refractivity contribution >= 4 is 17.3 Å². The molecule has 21 heavy (non-hydrogen) atoms. The number of aryl methyl sites for hydroxylation is 3. The van der Waals surface area contributed by atoms with E-state index in [-0.39, 0.29) is 16.8 Å². The Labute approximate surface area is 128 Å². The standard InChI is InChI=1S/C17H18ClF2N/c1-9-5-10(2)16(11(3)6-9)12(4)21-17-14(18)7-13(19)8-15(17)20/h5-8,12,21H,1-4H3. The highest BCUT2D eigenvalue weighted by atomic mass is 35.5. The molecule has 1 atom stereocenters. The third-order valence-corrected chi connectivity index (χ3v) is 3.84. The van der Waals surface area contributed by atoms with Gasteiger partial charge in [-0.3, -0.25) is 0 Å². The molecule has 0 aromatic heterocycles. The van der Waals surface area contributed by atoms with Gasteiger partial charge >= 0.3 is 0 Å². The summed E-state index contributed by atoms with van der Waals surface area (Å²) in [5.41, 5.74) is 4.68. The van der Waals surface area contributed by atoms with Gasteiger partial charge in [0.05, 0.1) is 10.7 Å². The third kappa shape index (κ3) is 3.35. The lowest BCUT2D eigenvalue weighted by molar-refractivity contribution is 0.584. The van der Waals surface area contributed by atoms with E-state index in [1.54, 1.807) is 0 Å². The van der Waals surface area contributed by atoms with E-state index in [0.29, 0.717) is 0 Å². The molecule has 0 fully saturated rings. The summed E-state index contributed by atoms with van der Waals surface area (Å²) in [4.78, 5) is 0. The predicted molar refractivity (Wildman–Crippen MR) is 84.1 cm³/mol. The molecule has 4 heteroatoms. The van der Waals surface area contributed by atoms with E-state index < -0.39 is 11.6 Å². The maximum atomic E-state index is 13.9. The van der Waals surface area contributed by atoms with Crippen LogP contribution in [-0.2, 0) is 0 Å². The van der Waals surface area contributed by atoms with Crippen molar-refractivity contribution in [3.05, 3.63) is 63.2 Å². The van der Waals surface area contributed by atoms with Gasteiger partial charge in [-0.1, -0.05) is 29.3 Å². The van der Waals surface area contributed by atoms with Gasteiger partial charge in [0, 0.05) is 12.1 Å². The maximum absolute atomic E-state index is 13.9. The van der Waals surface area contributed by atoms with Gasteiger partial charge in [-0.05, 0) is 50.5 Å². The van der Waals surface area contributed by atoms with Crippen molar-refractivity contribution in [1.29, 1.82) is 0 Å². The van der Waals surface area contributed by atoms with Crippen LogP contribution >= 0.6 is 11.6 Å². The Bertz CT molecular complexity index is 636. The first kappa shape index (κ1) is 15.8. The first-order chi connectivity index (χ1) is 9.79. The molecule has 1 unspecified atom stereocenters. The summed E-state index contributed by atoms with van der Waals surface area (Å²) in [6.07, 6.45) is 0. The summed E-state index contributed by atoms with van der Waals surface area (Å²) in [6.45, 7) is 8.02. The molecular formula is C17H18ClF2N. The third-order valence-electron chi connectivity index (χ3n) is 3.54. The van der Waals surface area contributed by atoms with Crippen molar-refractivity contribution in [3.8, 4) is 0 Å². The number of halogens is 3. The second-order valence-corrected chi connectivity index (χ2v) is 5.83. The van der Waals surface area contributed by atoms with Crippen LogP contribution in [0.25, 0.3) is 0 Å². The molecule has 0 aliphatic carbocycles. The van der Waals surface area contributed by atoms with Crippen LogP contribution in [0.3, 0.4) is 0 Å². The van der Waals surface area contributed by atoms with E-state index in [4.69, 9.17) is 11.6 Å². The number of hydrogen-bond acceptors (Lipinski definition) is 1. The number of rotatable bonds is 3. The summed E-state index contributed by atoms with van der Waals surface area (Å²) in [5.74, 6) is -1.37. The average Bonchev–Trinajstić information content (AvgIpc) is 2.32. The highest BCUT2D eigenvalue weighted by Gasteiger charge is 2.16. The molecule has 0 aliphatic rings. The summed E-state index contributed by atoms with van der Waals surface area (Å²) in [7, 11) is 0. The van der Waals surface area contributed by atoms with Gasteiger partial charge in [0.2, 0.25) is 0 Å². The molecule has 1 nitrogen and oxygen atoms in total. The fourth-order valence-corrected chi connectivity index (χ4v) is 3.09. The first-order valence-corrected chi connectivity index (χ1v) is 7.16. The van der Waals surface area contributed by atoms with E-state index >= 15 is 0 Å². The highest BCUT2D eigenvalue weighted by molar-refractivity contribution is 6.33. The maximum Gasteiger partial charge on any atom is 0.150 e. The molecule has 0 spiro atoms. The van der Waals surface area contributed by atoms with Crippen LogP contribution in [0.5, 0.6) is 0 Å². The summed E-state index contributed by atoms with van der Waals surface area (Å²) >= 11 is 5.93. The number of hydrogen-bond donors (Lipinski definition) is 1. The largest absolute Gasteiger partial charge is 0.375 e. The molecule has 0 heterocycles. The molecule has 0 saturated carbocycles. The minimum atomic E-state index is -0.686. The lowest BCUT2D eigenvalue weighted by Gasteiger charge is -2.22. The Morgan fingerprint density at radius 1 is 1.00 bits per heavy atom. The smallest absolute Gasteiger partial charge is 0.150 e. The Morgan fingerprint density at radius 2 is 1.57 bits per heavy atom. The lowest BCUT2D eigenvalue weighted by Crippen LogP contribution is -2.12. The molecule has 0 aliphatic heterocycles. The molecule has 1 N–H and O–H groups in total. The minimum Gasteiger partial charge on any atom is -0.375 e. The van der Waals surface area contributed by atoms with Crippen molar-refractivity contribution in [2.45, 2.75) is 33.7 Å². The monoisotopic (exact) mass is 309 g/mol. The predicted octanol–water partition coefficient (Wildman–Crippen LogP) is 5.72. The fraction of sp³-hybridized carbons (Fsp3) is 0.294. The highest BCUT2D eigenvalue weighted by Crippen LogP contribution is 2.32. The van der Waals surface area contributed by atoms with Gasteiger partial charge in [0.25, 0.3) is 0 Å². The summed E-state index contributed by atoms with van der Waals surface area (Å²) < 4.78 is 27.0. The normalized spacial score (nSPS) is 12.3. The molecule has 0 saturated heterocycles. The number of anilines is 1. The lowest BCUT2D eigenvalue weighted by atomic mass is 9.94. The Hall–Kier alpha value is -1.61. The Kier molecular flexibility index (Phi) is 4.52. The first-order valence-electron chi connectivity index (χ1n) is 6.78. The zero-order valence-electron chi connectivity index (χ0n) is 12.5. The van der Waals surface area contributed by atoms with Crippen LogP contribution < -0.4 is 5.32 Å². The van der Waals surface area contributed by atoms with Crippen molar-refractivity contribution in [2.75, 3.05) is 5.32 Å². The summed E-state index contributed by atoms with van der Waals surface area (Å²) in [6, 6.07) is 5.97. The molecule has 0 radical (unpaired) electrons. The molecular weight excluding hydrogens is 292 g/mol. The second kappa shape index (κ2) is 6.02. The molecule has 2 aromatic rings. The van der Waals surface area contributed by atoms with E-state index in [1.165, 1.54) is 5.56 Å². The van der Waals surface area contributed by atoms with Gasteiger partial charge in [-0.25, -0.2) is 8.78 Å². The molecule has 2 aromatic carbocycles. The Balaban J connectivity index is 2.37. The quantitative estimate of drug-likeness (QED) is 0.765. The Morgan fingerprint density at radius 3 is 2.10 bits per heavy atom. The van der Waals surface area contributed by atoms with Crippen LogP contribution in [0.2, 0.25) is 5.02 Å². The van der Waals surface area contributed by atoms with Crippen LogP contribution in [0.15, 0.2) is 24.3 Å². The zero-order valence-corrected chi connectivity index (χ0v) is 13.3. The van der Waals surface area contributed by atoms with Crippen LogP contribution in [0, 0.1) is 32.4 Å². The van der Waals surface area contributed by atoms with E-state index in [2.05, 4.69) is 17.4 Å². The SMILES string of the molecule is Cc1cc(C)c(C(C)Nc2c(F)cc(F)cc2Cl)c(C)c1. The van der Waals surface area contributed by atoms with Gasteiger partial charge in [-0.2, -0.15) is 0 Å². The number of nitrogens with one attached hydrogen (secondary N) is 1. The molecule has 112 valence electrons. The minimum absolute atomic E-state index is 0.0433. The molecule has 0 bridgehead atoms. The van der Waals surface area contributed by atoms with Crippen molar-refractivity contribution < 1.29 is 8.78 Å². The van der Waals surface area contributed by atoms with Crippen molar-refractivity contribution in [3.63, 3.8) is 0 Å². The van der Waals surface area contributed by atoms with Gasteiger partial charge < -0.3 is 5.32 Å². The average molecular weight is 310 g/mol. The van der Waals surface area contributed by atoms with Gasteiger partial charge in [0.1, 0.15) is 5.82 Å². The van der Waals surface area contributed by atoms with Crippen molar-refractivity contribution in [2.24, 2.45) is 0 Å².